The second-order valence-electron chi connectivity index (χ2n) is 4.22. The Morgan fingerprint density at radius 3 is 2.67 bits per heavy atom. The maximum Gasteiger partial charge on any atom is 0.323 e. The summed E-state index contributed by atoms with van der Waals surface area (Å²) in [6.07, 6.45) is 3.38. The Bertz CT molecular complexity index is 639. The van der Waals surface area contributed by atoms with Crippen LogP contribution in [0.3, 0.4) is 0 Å². The molecule has 0 saturated carbocycles. The zero-order chi connectivity index (χ0) is 15.1. The van der Waals surface area contributed by atoms with Crippen LogP contribution in [0, 0.1) is 0 Å². The Hall–Kier alpha value is -2.27. The van der Waals surface area contributed by atoms with Crippen molar-refractivity contribution in [2.24, 2.45) is 0 Å². The Kier molecular flexibility index (Phi) is 5.40. The molecule has 2 rings (SSSR count). The highest BCUT2D eigenvalue weighted by Gasteiger charge is 1.98. The summed E-state index contributed by atoms with van der Waals surface area (Å²) in [4.78, 5) is 11.7. The second kappa shape index (κ2) is 7.50. The number of methoxy groups -OCH3 is 1. The van der Waals surface area contributed by atoms with Gasteiger partial charge in [-0.25, -0.2) is 4.79 Å². The van der Waals surface area contributed by atoms with Crippen LogP contribution < -0.4 is 15.4 Å². The molecule has 2 amide bonds. The van der Waals surface area contributed by atoms with E-state index < -0.39 is 0 Å². The number of urea groups is 1. The van der Waals surface area contributed by atoms with Gasteiger partial charge in [-0.2, -0.15) is 0 Å². The molecule has 21 heavy (non-hydrogen) atoms. The lowest BCUT2D eigenvalue weighted by molar-refractivity contribution is 0.255. The standard InChI is InChI=1S/C16H15BrN2O2/c1-21-15-4-2-3-12(11-15)9-10-18-16(20)19-14-7-5-13(17)6-8-14/h2-11H,1H3,(H2,18,19,20)/b10-9+. The third-order valence-electron chi connectivity index (χ3n) is 2.69. The minimum atomic E-state index is -0.295. The Morgan fingerprint density at radius 1 is 1.19 bits per heavy atom. The number of anilines is 1. The fourth-order valence-electron chi connectivity index (χ4n) is 1.66. The van der Waals surface area contributed by atoms with Crippen molar-refractivity contribution in [3.63, 3.8) is 0 Å². The highest BCUT2D eigenvalue weighted by Crippen LogP contribution is 2.14. The van der Waals surface area contributed by atoms with Crippen LogP contribution in [0.4, 0.5) is 10.5 Å². The van der Waals surface area contributed by atoms with Crippen molar-refractivity contribution in [3.05, 3.63) is 64.8 Å². The molecule has 0 atom stereocenters. The molecule has 2 N–H and O–H groups in total. The van der Waals surface area contributed by atoms with Crippen molar-refractivity contribution < 1.29 is 9.53 Å². The van der Waals surface area contributed by atoms with Crippen LogP contribution >= 0.6 is 15.9 Å². The van der Waals surface area contributed by atoms with Crippen molar-refractivity contribution in [2.75, 3.05) is 12.4 Å². The van der Waals surface area contributed by atoms with E-state index in [0.717, 1.165) is 21.5 Å². The summed E-state index contributed by atoms with van der Waals surface area (Å²) in [5, 5.41) is 5.38. The van der Waals surface area contributed by atoms with E-state index in [0.29, 0.717) is 0 Å². The zero-order valence-corrected chi connectivity index (χ0v) is 13.1. The molecule has 0 spiro atoms. The molecule has 0 aliphatic rings. The van der Waals surface area contributed by atoms with Gasteiger partial charge in [-0.1, -0.05) is 28.1 Å². The number of amides is 2. The van der Waals surface area contributed by atoms with Gasteiger partial charge in [0, 0.05) is 16.4 Å². The number of carbonyl (C=O) groups is 1. The van der Waals surface area contributed by atoms with Crippen LogP contribution in [0.5, 0.6) is 5.75 Å². The summed E-state index contributed by atoms with van der Waals surface area (Å²) in [7, 11) is 1.62. The number of ether oxygens (including phenoxy) is 1. The largest absolute Gasteiger partial charge is 0.497 e. The molecule has 4 nitrogen and oxygen atoms in total. The molecule has 0 aliphatic heterocycles. The SMILES string of the molecule is COc1cccc(/C=C/NC(=O)Nc2ccc(Br)cc2)c1. The van der Waals surface area contributed by atoms with Crippen LogP contribution in [0.1, 0.15) is 5.56 Å². The summed E-state index contributed by atoms with van der Waals surface area (Å²) in [6.45, 7) is 0. The van der Waals surface area contributed by atoms with Crippen molar-refractivity contribution in [3.8, 4) is 5.75 Å². The lowest BCUT2D eigenvalue weighted by Gasteiger charge is -2.04. The Labute approximate surface area is 132 Å². The zero-order valence-electron chi connectivity index (χ0n) is 11.5. The minimum absolute atomic E-state index is 0.295. The summed E-state index contributed by atoms with van der Waals surface area (Å²) >= 11 is 3.34. The molecular weight excluding hydrogens is 332 g/mol. The van der Waals surface area contributed by atoms with Gasteiger partial charge >= 0.3 is 6.03 Å². The van der Waals surface area contributed by atoms with Gasteiger partial charge < -0.3 is 15.4 Å². The molecule has 0 radical (unpaired) electrons. The first kappa shape index (κ1) is 15.1. The van der Waals surface area contributed by atoms with Crippen molar-refractivity contribution in [1.29, 1.82) is 0 Å². The molecule has 0 bridgehead atoms. The van der Waals surface area contributed by atoms with E-state index in [1.807, 2.05) is 48.5 Å². The maximum atomic E-state index is 11.7. The van der Waals surface area contributed by atoms with Crippen molar-refractivity contribution in [2.45, 2.75) is 0 Å². The Balaban J connectivity index is 1.88. The monoisotopic (exact) mass is 346 g/mol. The fourth-order valence-corrected chi connectivity index (χ4v) is 1.92. The van der Waals surface area contributed by atoms with Crippen LogP contribution in [0.2, 0.25) is 0 Å². The molecule has 0 fully saturated rings. The van der Waals surface area contributed by atoms with E-state index in [4.69, 9.17) is 4.74 Å². The van der Waals surface area contributed by atoms with Gasteiger partial charge in [0.2, 0.25) is 0 Å². The molecular formula is C16H15BrN2O2. The quantitative estimate of drug-likeness (QED) is 0.869. The van der Waals surface area contributed by atoms with E-state index in [1.165, 1.54) is 0 Å². The van der Waals surface area contributed by atoms with Gasteiger partial charge in [0.15, 0.2) is 0 Å². The lowest BCUT2D eigenvalue weighted by Crippen LogP contribution is -2.23. The number of rotatable bonds is 4. The Morgan fingerprint density at radius 2 is 1.95 bits per heavy atom. The number of halogens is 1. The predicted octanol–water partition coefficient (Wildman–Crippen LogP) is 4.25. The topological polar surface area (TPSA) is 50.4 Å². The number of hydrogen-bond donors (Lipinski definition) is 2. The van der Waals surface area contributed by atoms with Gasteiger partial charge in [-0.3, -0.25) is 0 Å². The average molecular weight is 347 g/mol. The van der Waals surface area contributed by atoms with Crippen LogP contribution in [-0.4, -0.2) is 13.1 Å². The van der Waals surface area contributed by atoms with Crippen LogP contribution in [-0.2, 0) is 0 Å². The molecule has 2 aromatic carbocycles. The fraction of sp³-hybridized carbons (Fsp3) is 0.0625. The minimum Gasteiger partial charge on any atom is -0.497 e. The van der Waals surface area contributed by atoms with E-state index in [2.05, 4.69) is 26.6 Å². The first-order valence-corrected chi connectivity index (χ1v) is 7.10. The second-order valence-corrected chi connectivity index (χ2v) is 5.13. The molecule has 0 heterocycles. The summed E-state index contributed by atoms with van der Waals surface area (Å²) in [5.41, 5.74) is 1.67. The van der Waals surface area contributed by atoms with E-state index in [9.17, 15) is 4.79 Å². The molecule has 108 valence electrons. The third kappa shape index (κ3) is 4.96. The predicted molar refractivity (Wildman–Crippen MR) is 88.3 cm³/mol. The van der Waals surface area contributed by atoms with Gasteiger partial charge in [0.05, 0.1) is 7.11 Å². The molecule has 0 unspecified atom stereocenters. The number of benzene rings is 2. The normalized spacial score (nSPS) is 10.4. The van der Waals surface area contributed by atoms with Gasteiger partial charge in [-0.15, -0.1) is 0 Å². The third-order valence-corrected chi connectivity index (χ3v) is 3.21. The molecule has 0 aliphatic carbocycles. The lowest BCUT2D eigenvalue weighted by atomic mass is 10.2. The highest BCUT2D eigenvalue weighted by molar-refractivity contribution is 9.10. The number of nitrogens with one attached hydrogen (secondary N) is 2. The van der Waals surface area contributed by atoms with Crippen LogP contribution in [0.25, 0.3) is 6.08 Å². The molecule has 0 aromatic heterocycles. The first-order valence-electron chi connectivity index (χ1n) is 6.31. The van der Waals surface area contributed by atoms with E-state index >= 15 is 0 Å². The summed E-state index contributed by atoms with van der Waals surface area (Å²) in [5.74, 6) is 0.775. The van der Waals surface area contributed by atoms with E-state index in [-0.39, 0.29) is 6.03 Å². The smallest absolute Gasteiger partial charge is 0.323 e. The van der Waals surface area contributed by atoms with Gasteiger partial charge in [0.1, 0.15) is 5.75 Å². The van der Waals surface area contributed by atoms with Crippen molar-refractivity contribution >= 4 is 33.7 Å². The molecule has 0 saturated heterocycles. The summed E-state index contributed by atoms with van der Waals surface area (Å²) in [6, 6.07) is 14.6. The summed E-state index contributed by atoms with van der Waals surface area (Å²) < 4.78 is 6.10. The molecule has 5 heteroatoms. The maximum absolute atomic E-state index is 11.7. The van der Waals surface area contributed by atoms with Crippen molar-refractivity contribution in [1.82, 2.24) is 5.32 Å². The van der Waals surface area contributed by atoms with Gasteiger partial charge in [0.25, 0.3) is 0 Å². The highest BCUT2D eigenvalue weighted by atomic mass is 79.9. The first-order chi connectivity index (χ1) is 10.2. The molecule has 2 aromatic rings. The van der Waals surface area contributed by atoms with Crippen LogP contribution in [0.15, 0.2) is 59.2 Å². The number of hydrogen-bond acceptors (Lipinski definition) is 2. The average Bonchev–Trinajstić information content (AvgIpc) is 2.50. The van der Waals surface area contributed by atoms with Gasteiger partial charge in [-0.05, 0) is 48.0 Å². The van der Waals surface area contributed by atoms with E-state index in [1.54, 1.807) is 19.4 Å². The number of carbonyl (C=O) groups excluding carboxylic acids is 1.